The Morgan fingerprint density at radius 3 is 2.75 bits per heavy atom. The summed E-state index contributed by atoms with van der Waals surface area (Å²) in [6.45, 7) is 4.11. The van der Waals surface area contributed by atoms with Crippen molar-refractivity contribution in [2.75, 3.05) is 5.75 Å². The van der Waals surface area contributed by atoms with Gasteiger partial charge in [0.15, 0.2) is 0 Å². The highest BCUT2D eigenvalue weighted by atomic mass is 32.2. The molecule has 1 aliphatic heterocycles. The van der Waals surface area contributed by atoms with Crippen LogP contribution in [0.2, 0.25) is 0 Å². The maximum absolute atomic E-state index is 11.1. The standard InChI is InChI=1S/C9H16O2S/c1-3-7(2)9(8(10)11)5-4-6-12-9/h7H,3-6H2,1-2H3,(H,10,11). The molecular weight excluding hydrogens is 172 g/mol. The molecule has 1 fully saturated rings. The van der Waals surface area contributed by atoms with Gasteiger partial charge in [0.1, 0.15) is 4.75 Å². The first kappa shape index (κ1) is 9.90. The van der Waals surface area contributed by atoms with Crippen LogP contribution >= 0.6 is 11.8 Å². The third kappa shape index (κ3) is 1.47. The van der Waals surface area contributed by atoms with Crippen molar-refractivity contribution in [2.45, 2.75) is 37.9 Å². The van der Waals surface area contributed by atoms with Crippen LogP contribution in [-0.4, -0.2) is 21.6 Å². The second kappa shape index (κ2) is 3.69. The molecule has 2 atom stereocenters. The van der Waals surface area contributed by atoms with E-state index in [4.69, 9.17) is 5.11 Å². The van der Waals surface area contributed by atoms with Gasteiger partial charge in [0.25, 0.3) is 0 Å². The SMILES string of the molecule is CCC(C)C1(C(=O)O)CCCS1. The van der Waals surface area contributed by atoms with Gasteiger partial charge in [-0.1, -0.05) is 20.3 Å². The van der Waals surface area contributed by atoms with E-state index < -0.39 is 10.7 Å². The number of hydrogen-bond acceptors (Lipinski definition) is 2. The highest BCUT2D eigenvalue weighted by molar-refractivity contribution is 8.01. The van der Waals surface area contributed by atoms with Crippen molar-refractivity contribution in [1.29, 1.82) is 0 Å². The molecule has 1 heterocycles. The average Bonchev–Trinajstić information content (AvgIpc) is 2.52. The molecule has 70 valence electrons. The lowest BCUT2D eigenvalue weighted by atomic mass is 9.87. The summed E-state index contributed by atoms with van der Waals surface area (Å²) < 4.78 is -0.464. The van der Waals surface area contributed by atoms with E-state index in [1.54, 1.807) is 11.8 Å². The second-order valence-electron chi connectivity index (χ2n) is 3.46. The van der Waals surface area contributed by atoms with Gasteiger partial charge in [-0.15, -0.1) is 11.8 Å². The molecule has 2 nitrogen and oxygen atoms in total. The predicted octanol–water partition coefficient (Wildman–Crippen LogP) is 2.38. The van der Waals surface area contributed by atoms with Gasteiger partial charge in [0, 0.05) is 0 Å². The van der Waals surface area contributed by atoms with Crippen molar-refractivity contribution in [3.8, 4) is 0 Å². The Morgan fingerprint density at radius 1 is 1.75 bits per heavy atom. The molecule has 0 aromatic rings. The molecule has 3 heteroatoms. The summed E-state index contributed by atoms with van der Waals surface area (Å²) in [5, 5.41) is 9.14. The van der Waals surface area contributed by atoms with Crippen LogP contribution in [0.5, 0.6) is 0 Å². The molecule has 1 aliphatic rings. The van der Waals surface area contributed by atoms with Crippen molar-refractivity contribution in [3.63, 3.8) is 0 Å². The lowest BCUT2D eigenvalue weighted by molar-refractivity contribution is -0.141. The molecular formula is C9H16O2S. The Hall–Kier alpha value is -0.180. The second-order valence-corrected chi connectivity index (χ2v) is 4.88. The Kier molecular flexibility index (Phi) is 3.04. The molecule has 0 spiro atoms. The van der Waals surface area contributed by atoms with E-state index in [1.807, 2.05) is 6.92 Å². The van der Waals surface area contributed by atoms with Gasteiger partial charge < -0.3 is 5.11 Å². The molecule has 2 unspecified atom stereocenters. The third-order valence-electron chi connectivity index (χ3n) is 2.82. The average molecular weight is 188 g/mol. The highest BCUT2D eigenvalue weighted by Gasteiger charge is 2.45. The van der Waals surface area contributed by atoms with Crippen LogP contribution in [0.25, 0.3) is 0 Å². The van der Waals surface area contributed by atoms with E-state index in [0.717, 1.165) is 25.0 Å². The molecule has 0 aromatic heterocycles. The first-order valence-corrected chi connectivity index (χ1v) is 5.49. The molecule has 12 heavy (non-hydrogen) atoms. The zero-order valence-electron chi connectivity index (χ0n) is 7.67. The monoisotopic (exact) mass is 188 g/mol. The van der Waals surface area contributed by atoms with Crippen LogP contribution in [-0.2, 0) is 4.79 Å². The number of thioether (sulfide) groups is 1. The highest BCUT2D eigenvalue weighted by Crippen LogP contribution is 2.45. The molecule has 0 bridgehead atoms. The fraction of sp³-hybridized carbons (Fsp3) is 0.889. The Morgan fingerprint density at radius 2 is 2.42 bits per heavy atom. The first-order valence-electron chi connectivity index (χ1n) is 4.51. The molecule has 0 saturated carbocycles. The van der Waals surface area contributed by atoms with E-state index in [9.17, 15) is 4.79 Å². The van der Waals surface area contributed by atoms with Gasteiger partial charge in [0.05, 0.1) is 0 Å². The maximum atomic E-state index is 11.1. The summed E-state index contributed by atoms with van der Waals surface area (Å²) in [6.07, 6.45) is 2.86. The molecule has 1 saturated heterocycles. The quantitative estimate of drug-likeness (QED) is 0.739. The van der Waals surface area contributed by atoms with E-state index >= 15 is 0 Å². The van der Waals surface area contributed by atoms with Crippen LogP contribution in [0.4, 0.5) is 0 Å². The molecule has 1 N–H and O–H groups in total. The lowest BCUT2D eigenvalue weighted by Crippen LogP contribution is -2.38. The minimum Gasteiger partial charge on any atom is -0.480 e. The molecule has 0 amide bonds. The number of aliphatic carboxylic acids is 1. The van der Waals surface area contributed by atoms with E-state index in [1.165, 1.54) is 0 Å². The number of carboxylic acid groups (broad SMARTS) is 1. The van der Waals surface area contributed by atoms with Gasteiger partial charge in [-0.05, 0) is 24.5 Å². The third-order valence-corrected chi connectivity index (χ3v) is 4.61. The molecule has 0 aliphatic carbocycles. The number of carbonyl (C=O) groups is 1. The predicted molar refractivity (Wildman–Crippen MR) is 51.5 cm³/mol. The van der Waals surface area contributed by atoms with Crippen LogP contribution in [0.1, 0.15) is 33.1 Å². The summed E-state index contributed by atoms with van der Waals surface area (Å²) in [7, 11) is 0. The summed E-state index contributed by atoms with van der Waals surface area (Å²) >= 11 is 1.63. The minimum atomic E-state index is -0.612. The van der Waals surface area contributed by atoms with Crippen molar-refractivity contribution in [1.82, 2.24) is 0 Å². The number of hydrogen-bond donors (Lipinski definition) is 1. The Balaban J connectivity index is 2.78. The fourth-order valence-corrected chi connectivity index (χ4v) is 3.28. The van der Waals surface area contributed by atoms with Gasteiger partial charge in [-0.25, -0.2) is 0 Å². The maximum Gasteiger partial charge on any atom is 0.320 e. The van der Waals surface area contributed by atoms with Crippen LogP contribution in [0, 0.1) is 5.92 Å². The summed E-state index contributed by atoms with van der Waals surface area (Å²) in [5.74, 6) is 0.693. The molecule has 0 radical (unpaired) electrons. The topological polar surface area (TPSA) is 37.3 Å². The van der Waals surface area contributed by atoms with Crippen molar-refractivity contribution in [3.05, 3.63) is 0 Å². The number of rotatable bonds is 3. The van der Waals surface area contributed by atoms with Gasteiger partial charge in [-0.2, -0.15) is 0 Å². The Labute approximate surface area is 77.7 Å². The summed E-state index contributed by atoms with van der Waals surface area (Å²) in [4.78, 5) is 11.1. The fourth-order valence-electron chi connectivity index (χ4n) is 1.76. The van der Waals surface area contributed by atoms with Gasteiger partial charge in [-0.3, -0.25) is 4.79 Å². The minimum absolute atomic E-state index is 0.294. The zero-order chi connectivity index (χ0) is 9.19. The van der Waals surface area contributed by atoms with Crippen LogP contribution in [0.3, 0.4) is 0 Å². The van der Waals surface area contributed by atoms with E-state index in [-0.39, 0.29) is 0 Å². The van der Waals surface area contributed by atoms with Gasteiger partial charge >= 0.3 is 5.97 Å². The smallest absolute Gasteiger partial charge is 0.320 e. The zero-order valence-corrected chi connectivity index (χ0v) is 8.49. The van der Waals surface area contributed by atoms with Crippen LogP contribution < -0.4 is 0 Å². The van der Waals surface area contributed by atoms with Crippen LogP contribution in [0.15, 0.2) is 0 Å². The molecule has 0 aromatic carbocycles. The van der Waals surface area contributed by atoms with Crippen molar-refractivity contribution in [2.24, 2.45) is 5.92 Å². The number of carboxylic acids is 1. The van der Waals surface area contributed by atoms with Crippen molar-refractivity contribution < 1.29 is 9.90 Å². The first-order chi connectivity index (χ1) is 5.63. The largest absolute Gasteiger partial charge is 0.480 e. The molecule has 1 rings (SSSR count). The van der Waals surface area contributed by atoms with E-state index in [0.29, 0.717) is 5.92 Å². The normalized spacial score (nSPS) is 31.8. The van der Waals surface area contributed by atoms with E-state index in [2.05, 4.69) is 6.92 Å². The van der Waals surface area contributed by atoms with Crippen molar-refractivity contribution >= 4 is 17.7 Å². The Bertz CT molecular complexity index is 173. The summed E-state index contributed by atoms with van der Waals surface area (Å²) in [6, 6.07) is 0. The summed E-state index contributed by atoms with van der Waals surface area (Å²) in [5.41, 5.74) is 0. The lowest BCUT2D eigenvalue weighted by Gasteiger charge is -2.29. The van der Waals surface area contributed by atoms with Gasteiger partial charge in [0.2, 0.25) is 0 Å².